The lowest BCUT2D eigenvalue weighted by molar-refractivity contribution is -0.107. The quantitative estimate of drug-likeness (QED) is 0.339. The Hall–Kier alpha value is -0.260. The minimum atomic E-state index is 0.351. The summed E-state index contributed by atoms with van der Waals surface area (Å²) in [5, 5.41) is 0. The van der Waals surface area contributed by atoms with Gasteiger partial charge in [-0.25, -0.2) is 0 Å². The van der Waals surface area contributed by atoms with Gasteiger partial charge in [-0.1, -0.05) is 106 Å². The summed E-state index contributed by atoms with van der Waals surface area (Å²) in [7, 11) is 0. The summed E-state index contributed by atoms with van der Waals surface area (Å²) in [5.74, 6) is 10.5. The molecule has 0 aromatic rings. The number of hydrogen-bond acceptors (Lipinski definition) is 0. The molecule has 10 unspecified atom stereocenters. The van der Waals surface area contributed by atoms with Crippen molar-refractivity contribution in [2.24, 2.45) is 75.9 Å². The smallest absolute Gasteiger partial charge is 0.00904 e. The molecule has 0 amide bonds. The molecule has 0 heteroatoms. The lowest BCUT2D eigenvalue weighted by Gasteiger charge is -2.60. The van der Waals surface area contributed by atoms with E-state index in [4.69, 9.17) is 0 Å². The molecular weight excluding hydrogens is 372 g/mol. The molecule has 0 saturated heterocycles. The Labute approximate surface area is 195 Å². The lowest BCUT2D eigenvalue weighted by atomic mass is 9.45. The van der Waals surface area contributed by atoms with E-state index in [9.17, 15) is 0 Å². The summed E-state index contributed by atoms with van der Waals surface area (Å²) in [5.41, 5.74) is 4.57. The summed E-state index contributed by atoms with van der Waals surface area (Å²) < 4.78 is 0. The van der Waals surface area contributed by atoms with Crippen molar-refractivity contribution in [3.63, 3.8) is 0 Å². The highest BCUT2D eigenvalue weighted by molar-refractivity contribution is 5.42. The second-order valence-electron chi connectivity index (χ2n) is 14.3. The van der Waals surface area contributed by atoms with Crippen molar-refractivity contribution in [1.29, 1.82) is 0 Å². The van der Waals surface area contributed by atoms with Crippen molar-refractivity contribution in [2.75, 3.05) is 0 Å². The van der Waals surface area contributed by atoms with Crippen LogP contribution in [0.5, 0.6) is 0 Å². The second kappa shape index (κ2) is 7.91. The molecule has 178 valence electrons. The van der Waals surface area contributed by atoms with Crippen LogP contribution in [0.4, 0.5) is 0 Å². The summed E-state index contributed by atoms with van der Waals surface area (Å²) in [4.78, 5) is 0. The van der Waals surface area contributed by atoms with Gasteiger partial charge in [0, 0.05) is 0 Å². The normalized spacial score (nSPS) is 43.9. The molecule has 3 fully saturated rings. The predicted molar refractivity (Wildman–Crippen MR) is 136 cm³/mol. The molecule has 4 aliphatic carbocycles. The average Bonchev–Trinajstić information content (AvgIpc) is 3.28. The number of unbranched alkanes of at least 4 members (excludes halogenated alkanes) is 1. The third-order valence-corrected chi connectivity index (χ3v) is 11.3. The largest absolute Gasteiger partial charge is 0.0693 e. The van der Waals surface area contributed by atoms with Crippen LogP contribution in [-0.4, -0.2) is 0 Å². The molecule has 0 heterocycles. The monoisotopic (exact) mass is 426 g/mol. The van der Waals surface area contributed by atoms with Gasteiger partial charge in [0.1, 0.15) is 0 Å². The Kier molecular flexibility index (Phi) is 6.09. The van der Waals surface area contributed by atoms with Gasteiger partial charge in [0.2, 0.25) is 0 Å². The Morgan fingerprint density at radius 1 is 0.935 bits per heavy atom. The fourth-order valence-electron chi connectivity index (χ4n) is 10.1. The molecule has 4 rings (SSSR count). The molecule has 0 bridgehead atoms. The van der Waals surface area contributed by atoms with Crippen molar-refractivity contribution in [3.8, 4) is 0 Å². The fourth-order valence-corrected chi connectivity index (χ4v) is 10.1. The Balaban J connectivity index is 1.72. The van der Waals surface area contributed by atoms with E-state index in [1.54, 1.807) is 0 Å². The maximum atomic E-state index is 2.62. The Morgan fingerprint density at radius 2 is 1.58 bits per heavy atom. The van der Waals surface area contributed by atoms with Gasteiger partial charge in [-0.2, -0.15) is 0 Å². The van der Waals surface area contributed by atoms with Crippen LogP contribution in [0.2, 0.25) is 0 Å². The molecule has 0 nitrogen and oxygen atoms in total. The standard InChI is InChI=1S/C31H54/c1-12-14-16-21(25-20(15-13-2)22(25)17(3)4)26-23-18(5)28(30(7,8)9)27(23)29-24(26)19(6)31(29,10)11/h17,19-27,29H,12-16H2,1-11H3. The first-order valence-corrected chi connectivity index (χ1v) is 14.1. The molecule has 0 N–H and O–H groups in total. The maximum absolute atomic E-state index is 2.62. The van der Waals surface area contributed by atoms with Crippen LogP contribution in [0.1, 0.15) is 108 Å². The molecule has 0 aromatic heterocycles. The fraction of sp³-hybridized carbons (Fsp3) is 0.935. The van der Waals surface area contributed by atoms with Gasteiger partial charge in [-0.05, 0) is 89.3 Å². The first kappa shape index (κ1) is 23.9. The number of hydrogen-bond donors (Lipinski definition) is 0. The molecule has 0 aromatic carbocycles. The van der Waals surface area contributed by atoms with E-state index in [0.717, 1.165) is 65.1 Å². The zero-order chi connectivity index (χ0) is 23.0. The van der Waals surface area contributed by atoms with Gasteiger partial charge < -0.3 is 0 Å². The van der Waals surface area contributed by atoms with Crippen LogP contribution in [0.15, 0.2) is 11.1 Å². The highest BCUT2D eigenvalue weighted by Crippen LogP contribution is 2.78. The molecular formula is C31H54. The zero-order valence-electron chi connectivity index (χ0n) is 22.9. The zero-order valence-corrected chi connectivity index (χ0v) is 22.9. The Bertz CT molecular complexity index is 700. The summed E-state index contributed by atoms with van der Waals surface area (Å²) in [6.45, 7) is 27.7. The van der Waals surface area contributed by atoms with E-state index in [0.29, 0.717) is 10.8 Å². The van der Waals surface area contributed by atoms with Crippen LogP contribution in [0.3, 0.4) is 0 Å². The van der Waals surface area contributed by atoms with Crippen LogP contribution in [0, 0.1) is 75.9 Å². The van der Waals surface area contributed by atoms with E-state index in [2.05, 4.69) is 76.2 Å². The van der Waals surface area contributed by atoms with E-state index in [-0.39, 0.29) is 0 Å². The van der Waals surface area contributed by atoms with Crippen molar-refractivity contribution >= 4 is 0 Å². The van der Waals surface area contributed by atoms with Crippen LogP contribution >= 0.6 is 0 Å². The number of allylic oxidation sites excluding steroid dienone is 2. The number of rotatable bonds is 8. The van der Waals surface area contributed by atoms with Crippen LogP contribution < -0.4 is 0 Å². The lowest BCUT2D eigenvalue weighted by Crippen LogP contribution is -2.54. The van der Waals surface area contributed by atoms with Crippen molar-refractivity contribution in [2.45, 2.75) is 108 Å². The van der Waals surface area contributed by atoms with Gasteiger partial charge in [0.15, 0.2) is 0 Å². The van der Waals surface area contributed by atoms with Crippen molar-refractivity contribution in [3.05, 3.63) is 11.1 Å². The number of fused-ring (bicyclic) bond motifs is 3. The molecule has 31 heavy (non-hydrogen) atoms. The van der Waals surface area contributed by atoms with Crippen LogP contribution in [0.25, 0.3) is 0 Å². The topological polar surface area (TPSA) is 0 Å². The summed E-state index contributed by atoms with van der Waals surface area (Å²) in [6, 6.07) is 0. The van der Waals surface area contributed by atoms with Gasteiger partial charge in [0.05, 0.1) is 0 Å². The summed E-state index contributed by atoms with van der Waals surface area (Å²) in [6.07, 6.45) is 7.18. The van der Waals surface area contributed by atoms with Gasteiger partial charge >= 0.3 is 0 Å². The van der Waals surface area contributed by atoms with E-state index >= 15 is 0 Å². The highest BCUT2D eigenvalue weighted by atomic mass is 14.8. The molecule has 3 saturated carbocycles. The average molecular weight is 427 g/mol. The Morgan fingerprint density at radius 3 is 2.10 bits per heavy atom. The molecule has 0 aliphatic heterocycles. The first-order valence-electron chi connectivity index (χ1n) is 14.1. The molecule has 4 aliphatic rings. The van der Waals surface area contributed by atoms with Gasteiger partial charge in [-0.15, -0.1) is 0 Å². The maximum Gasteiger partial charge on any atom is -0.00904 e. The third kappa shape index (κ3) is 3.34. The minimum Gasteiger partial charge on any atom is -0.0693 e. The van der Waals surface area contributed by atoms with E-state index < -0.39 is 0 Å². The van der Waals surface area contributed by atoms with Crippen LogP contribution in [-0.2, 0) is 0 Å². The first-order chi connectivity index (χ1) is 14.4. The van der Waals surface area contributed by atoms with E-state index in [1.807, 2.05) is 11.1 Å². The second-order valence-corrected chi connectivity index (χ2v) is 14.3. The summed E-state index contributed by atoms with van der Waals surface area (Å²) >= 11 is 0. The SMILES string of the molecule is CCCCC(C1C(CCC)C1C(C)C)C1C2C(C)=C(C(C)(C)C)C2C2C1C(C)C2(C)C. The van der Waals surface area contributed by atoms with Crippen molar-refractivity contribution in [1.82, 2.24) is 0 Å². The third-order valence-electron chi connectivity index (χ3n) is 11.3. The highest BCUT2D eigenvalue weighted by Gasteiger charge is 2.73. The minimum absolute atomic E-state index is 0.351. The molecule has 0 spiro atoms. The van der Waals surface area contributed by atoms with Crippen molar-refractivity contribution < 1.29 is 0 Å². The van der Waals surface area contributed by atoms with Gasteiger partial charge in [-0.3, -0.25) is 0 Å². The molecule has 0 radical (unpaired) electrons. The molecule has 10 atom stereocenters. The predicted octanol–water partition coefficient (Wildman–Crippen LogP) is 9.26. The van der Waals surface area contributed by atoms with E-state index in [1.165, 1.54) is 32.1 Å². The van der Waals surface area contributed by atoms with Gasteiger partial charge in [0.25, 0.3) is 0 Å².